The third-order valence-corrected chi connectivity index (χ3v) is 2.33. The highest BCUT2D eigenvalue weighted by molar-refractivity contribution is 7.15. The van der Waals surface area contributed by atoms with E-state index in [9.17, 15) is 0 Å². The first-order chi connectivity index (χ1) is 4.86. The van der Waals surface area contributed by atoms with Gasteiger partial charge in [-0.1, -0.05) is 6.92 Å². The molecule has 1 heterocycles. The summed E-state index contributed by atoms with van der Waals surface area (Å²) in [6, 6.07) is 0. The Balaban J connectivity index is 2.59. The fraction of sp³-hybridized carbons (Fsp3) is 0.571. The Labute approximate surface area is 65.3 Å². The average molecular weight is 156 g/mol. The van der Waals surface area contributed by atoms with E-state index in [2.05, 4.69) is 24.1 Å². The highest BCUT2D eigenvalue weighted by Crippen LogP contribution is 2.17. The van der Waals surface area contributed by atoms with Crippen LogP contribution in [0.15, 0.2) is 6.20 Å². The first-order valence-corrected chi connectivity index (χ1v) is 4.37. The van der Waals surface area contributed by atoms with E-state index in [1.165, 1.54) is 4.88 Å². The molecule has 0 radical (unpaired) electrons. The lowest BCUT2D eigenvalue weighted by Crippen LogP contribution is -1.94. The lowest BCUT2D eigenvalue weighted by molar-refractivity contribution is 1.16. The Morgan fingerprint density at radius 3 is 2.90 bits per heavy atom. The summed E-state index contributed by atoms with van der Waals surface area (Å²) in [4.78, 5) is 5.53. The minimum atomic E-state index is 0.955. The first kappa shape index (κ1) is 7.54. The van der Waals surface area contributed by atoms with E-state index in [-0.39, 0.29) is 0 Å². The number of thiazole rings is 1. The van der Waals surface area contributed by atoms with Crippen molar-refractivity contribution in [3.63, 3.8) is 0 Å². The predicted molar refractivity (Wildman–Crippen MR) is 45.7 cm³/mol. The molecule has 0 saturated heterocycles. The molecule has 0 aliphatic carbocycles. The second-order valence-corrected chi connectivity index (χ2v) is 3.13. The quantitative estimate of drug-likeness (QED) is 0.725. The van der Waals surface area contributed by atoms with E-state index in [4.69, 9.17) is 0 Å². The highest BCUT2D eigenvalue weighted by Gasteiger charge is 1.96. The van der Waals surface area contributed by atoms with Gasteiger partial charge in [0, 0.05) is 17.6 Å². The third-order valence-electron chi connectivity index (χ3n) is 1.23. The average Bonchev–Trinajstić information content (AvgIpc) is 2.37. The van der Waals surface area contributed by atoms with Crippen LogP contribution in [-0.4, -0.2) is 11.5 Å². The van der Waals surface area contributed by atoms with E-state index < -0.39 is 0 Å². The van der Waals surface area contributed by atoms with Crippen LogP contribution in [0.4, 0.5) is 5.13 Å². The van der Waals surface area contributed by atoms with Gasteiger partial charge in [-0.2, -0.15) is 0 Å². The molecule has 0 aliphatic heterocycles. The van der Waals surface area contributed by atoms with Gasteiger partial charge in [0.15, 0.2) is 5.13 Å². The fourth-order valence-electron chi connectivity index (χ4n) is 0.704. The van der Waals surface area contributed by atoms with Gasteiger partial charge in [0.05, 0.1) is 0 Å². The SMILES string of the molecule is CCNc1ncc(CC)s1. The van der Waals surface area contributed by atoms with Crippen LogP contribution >= 0.6 is 11.3 Å². The van der Waals surface area contributed by atoms with Crippen molar-refractivity contribution < 1.29 is 0 Å². The summed E-state index contributed by atoms with van der Waals surface area (Å²) in [5.41, 5.74) is 0. The molecule has 1 aromatic rings. The molecule has 0 aliphatic rings. The molecule has 0 amide bonds. The number of hydrogen-bond donors (Lipinski definition) is 1. The zero-order valence-corrected chi connectivity index (χ0v) is 7.16. The molecule has 10 heavy (non-hydrogen) atoms. The highest BCUT2D eigenvalue weighted by atomic mass is 32.1. The molecule has 56 valence electrons. The van der Waals surface area contributed by atoms with Crippen molar-refractivity contribution >= 4 is 16.5 Å². The van der Waals surface area contributed by atoms with Crippen LogP contribution in [0, 0.1) is 0 Å². The van der Waals surface area contributed by atoms with Crippen LogP contribution in [0.1, 0.15) is 18.7 Å². The van der Waals surface area contributed by atoms with Gasteiger partial charge in [0.25, 0.3) is 0 Å². The van der Waals surface area contributed by atoms with Gasteiger partial charge in [-0.15, -0.1) is 11.3 Å². The zero-order chi connectivity index (χ0) is 7.40. The van der Waals surface area contributed by atoms with Gasteiger partial charge in [-0.05, 0) is 13.3 Å². The molecule has 0 atom stereocenters. The van der Waals surface area contributed by atoms with E-state index in [0.29, 0.717) is 0 Å². The van der Waals surface area contributed by atoms with Crippen molar-refractivity contribution in [2.75, 3.05) is 11.9 Å². The van der Waals surface area contributed by atoms with Crippen molar-refractivity contribution in [2.45, 2.75) is 20.3 Å². The second kappa shape index (κ2) is 3.56. The summed E-state index contributed by atoms with van der Waals surface area (Å²) in [5.74, 6) is 0. The standard InChI is InChI=1S/C7H12N2S/c1-3-6-5-9-7(10-6)8-4-2/h5H,3-4H2,1-2H3,(H,8,9). The molecule has 0 bridgehead atoms. The maximum absolute atomic E-state index is 4.18. The summed E-state index contributed by atoms with van der Waals surface area (Å²) in [5, 5.41) is 4.21. The Morgan fingerprint density at radius 2 is 2.40 bits per heavy atom. The topological polar surface area (TPSA) is 24.9 Å². The van der Waals surface area contributed by atoms with Crippen LogP contribution in [0.25, 0.3) is 0 Å². The molecular formula is C7H12N2S. The number of hydrogen-bond acceptors (Lipinski definition) is 3. The second-order valence-electron chi connectivity index (χ2n) is 2.02. The molecule has 0 aromatic carbocycles. The Hall–Kier alpha value is -0.570. The Morgan fingerprint density at radius 1 is 1.60 bits per heavy atom. The van der Waals surface area contributed by atoms with Crippen LogP contribution in [0.5, 0.6) is 0 Å². The molecule has 0 fully saturated rings. The van der Waals surface area contributed by atoms with Crippen molar-refractivity contribution in [2.24, 2.45) is 0 Å². The van der Waals surface area contributed by atoms with Crippen LogP contribution in [0.2, 0.25) is 0 Å². The number of aromatic nitrogens is 1. The molecular weight excluding hydrogens is 144 g/mol. The van der Waals surface area contributed by atoms with E-state index in [1.807, 2.05) is 6.20 Å². The van der Waals surface area contributed by atoms with Crippen LogP contribution in [0.3, 0.4) is 0 Å². The fourth-order valence-corrected chi connectivity index (χ4v) is 1.52. The lowest BCUT2D eigenvalue weighted by atomic mass is 10.4. The number of anilines is 1. The summed E-state index contributed by atoms with van der Waals surface area (Å²) in [6.07, 6.45) is 3.02. The largest absolute Gasteiger partial charge is 0.362 e. The van der Waals surface area contributed by atoms with Crippen molar-refractivity contribution in [1.82, 2.24) is 4.98 Å². The normalized spacial score (nSPS) is 9.80. The van der Waals surface area contributed by atoms with E-state index in [0.717, 1.165) is 18.1 Å². The summed E-state index contributed by atoms with van der Waals surface area (Å²) in [7, 11) is 0. The zero-order valence-electron chi connectivity index (χ0n) is 6.35. The molecule has 1 rings (SSSR count). The van der Waals surface area contributed by atoms with Crippen molar-refractivity contribution in [3.05, 3.63) is 11.1 Å². The number of nitrogens with one attached hydrogen (secondary N) is 1. The summed E-state index contributed by atoms with van der Waals surface area (Å²) in [6.45, 7) is 5.17. The van der Waals surface area contributed by atoms with Gasteiger partial charge in [-0.3, -0.25) is 0 Å². The monoisotopic (exact) mass is 156 g/mol. The molecule has 0 unspecified atom stereocenters. The molecule has 2 nitrogen and oxygen atoms in total. The van der Waals surface area contributed by atoms with Gasteiger partial charge in [-0.25, -0.2) is 4.98 Å². The molecule has 3 heteroatoms. The molecule has 0 saturated carbocycles. The van der Waals surface area contributed by atoms with Gasteiger partial charge < -0.3 is 5.32 Å². The maximum Gasteiger partial charge on any atom is 0.182 e. The number of nitrogens with zero attached hydrogens (tertiary/aromatic N) is 1. The smallest absolute Gasteiger partial charge is 0.182 e. The number of aryl methyl sites for hydroxylation is 1. The van der Waals surface area contributed by atoms with Crippen LogP contribution < -0.4 is 5.32 Å². The molecule has 1 N–H and O–H groups in total. The minimum Gasteiger partial charge on any atom is -0.362 e. The third kappa shape index (κ3) is 1.70. The van der Waals surface area contributed by atoms with E-state index >= 15 is 0 Å². The lowest BCUT2D eigenvalue weighted by Gasteiger charge is -1.92. The first-order valence-electron chi connectivity index (χ1n) is 3.55. The minimum absolute atomic E-state index is 0.955. The summed E-state index contributed by atoms with van der Waals surface area (Å²) >= 11 is 1.74. The predicted octanol–water partition coefficient (Wildman–Crippen LogP) is 2.14. The van der Waals surface area contributed by atoms with Crippen molar-refractivity contribution in [1.29, 1.82) is 0 Å². The van der Waals surface area contributed by atoms with Crippen molar-refractivity contribution in [3.8, 4) is 0 Å². The van der Waals surface area contributed by atoms with E-state index in [1.54, 1.807) is 11.3 Å². The van der Waals surface area contributed by atoms with Gasteiger partial charge in [0.1, 0.15) is 0 Å². The maximum atomic E-state index is 4.18. The molecule has 0 spiro atoms. The van der Waals surface area contributed by atoms with Gasteiger partial charge in [0.2, 0.25) is 0 Å². The Kier molecular flexibility index (Phi) is 2.68. The Bertz CT molecular complexity index is 195. The van der Waals surface area contributed by atoms with Gasteiger partial charge >= 0.3 is 0 Å². The molecule has 1 aromatic heterocycles. The van der Waals surface area contributed by atoms with Crippen LogP contribution in [-0.2, 0) is 6.42 Å². The summed E-state index contributed by atoms with van der Waals surface area (Å²) < 4.78 is 0. The number of rotatable bonds is 3.